The molecule has 1 amide bonds. The lowest BCUT2D eigenvalue weighted by Crippen LogP contribution is -2.15. The summed E-state index contributed by atoms with van der Waals surface area (Å²) < 4.78 is 45.4. The minimum absolute atomic E-state index is 0.0434. The van der Waals surface area contributed by atoms with Gasteiger partial charge in [-0.3, -0.25) is 4.79 Å². The van der Waals surface area contributed by atoms with Crippen molar-refractivity contribution in [3.05, 3.63) is 66.2 Å². The van der Waals surface area contributed by atoms with Gasteiger partial charge < -0.3 is 10.1 Å². The molecule has 0 fully saturated rings. The van der Waals surface area contributed by atoms with E-state index in [9.17, 15) is 18.0 Å². The second-order valence-corrected chi connectivity index (χ2v) is 5.26. The zero-order chi connectivity index (χ0) is 18.7. The normalized spacial score (nSPS) is 11.2. The van der Waals surface area contributed by atoms with Crippen LogP contribution in [0.25, 0.3) is 5.69 Å². The van der Waals surface area contributed by atoms with Gasteiger partial charge in [0.05, 0.1) is 24.0 Å². The number of methoxy groups -OCH3 is 1. The van der Waals surface area contributed by atoms with Gasteiger partial charge in [-0.25, -0.2) is 9.67 Å². The summed E-state index contributed by atoms with van der Waals surface area (Å²) in [6, 6.07) is 9.27. The monoisotopic (exact) mass is 362 g/mol. The first-order valence-electron chi connectivity index (χ1n) is 7.40. The summed E-state index contributed by atoms with van der Waals surface area (Å²) in [6.07, 6.45) is -1.98. The van der Waals surface area contributed by atoms with Crippen LogP contribution in [0.5, 0.6) is 5.75 Å². The molecule has 0 atom stereocenters. The molecule has 6 nitrogen and oxygen atoms in total. The summed E-state index contributed by atoms with van der Waals surface area (Å²) >= 11 is 0. The quantitative estimate of drug-likeness (QED) is 0.771. The van der Waals surface area contributed by atoms with E-state index in [2.05, 4.69) is 15.4 Å². The predicted octanol–water partition coefficient (Wildman–Crippen LogP) is 3.55. The van der Waals surface area contributed by atoms with Crippen molar-refractivity contribution >= 4 is 11.6 Å². The van der Waals surface area contributed by atoms with E-state index >= 15 is 0 Å². The number of carbonyl (C=O) groups excluding carboxylic acids is 1. The van der Waals surface area contributed by atoms with E-state index in [0.717, 1.165) is 12.1 Å². The summed E-state index contributed by atoms with van der Waals surface area (Å²) in [5, 5.41) is 6.40. The summed E-state index contributed by atoms with van der Waals surface area (Å²) in [5.74, 6) is -0.122. The molecule has 26 heavy (non-hydrogen) atoms. The molecule has 0 aliphatic carbocycles. The number of carbonyl (C=O) groups is 1. The van der Waals surface area contributed by atoms with E-state index in [1.54, 1.807) is 12.1 Å². The van der Waals surface area contributed by atoms with Crippen LogP contribution in [0.1, 0.15) is 15.9 Å². The van der Waals surface area contributed by atoms with E-state index < -0.39 is 17.6 Å². The highest BCUT2D eigenvalue weighted by molar-refractivity contribution is 6.05. The lowest BCUT2D eigenvalue weighted by molar-refractivity contribution is -0.137. The third-order valence-electron chi connectivity index (χ3n) is 3.57. The Balaban J connectivity index is 2.00. The van der Waals surface area contributed by atoms with Gasteiger partial charge in [-0.05, 0) is 36.4 Å². The number of aromatic nitrogens is 3. The van der Waals surface area contributed by atoms with Crippen molar-refractivity contribution in [2.45, 2.75) is 6.18 Å². The van der Waals surface area contributed by atoms with Gasteiger partial charge in [-0.1, -0.05) is 6.07 Å². The molecule has 2 aromatic carbocycles. The molecule has 1 heterocycles. The largest absolute Gasteiger partial charge is 0.497 e. The molecule has 1 N–H and O–H groups in total. The second-order valence-electron chi connectivity index (χ2n) is 5.26. The van der Waals surface area contributed by atoms with Crippen molar-refractivity contribution in [1.82, 2.24) is 14.8 Å². The molecule has 134 valence electrons. The summed E-state index contributed by atoms with van der Waals surface area (Å²) in [7, 11) is 1.45. The zero-order valence-corrected chi connectivity index (χ0v) is 13.5. The van der Waals surface area contributed by atoms with Crippen LogP contribution < -0.4 is 10.1 Å². The van der Waals surface area contributed by atoms with Crippen LogP contribution >= 0.6 is 0 Å². The molecular formula is C17H13F3N4O2. The van der Waals surface area contributed by atoms with Gasteiger partial charge in [0.25, 0.3) is 5.91 Å². The average molecular weight is 362 g/mol. The number of halogens is 3. The smallest absolute Gasteiger partial charge is 0.416 e. The fourth-order valence-electron chi connectivity index (χ4n) is 2.30. The number of ether oxygens (including phenoxy) is 1. The Kier molecular flexibility index (Phi) is 4.61. The van der Waals surface area contributed by atoms with Crippen LogP contribution in [-0.4, -0.2) is 27.8 Å². The van der Waals surface area contributed by atoms with Crippen molar-refractivity contribution in [1.29, 1.82) is 0 Å². The van der Waals surface area contributed by atoms with Gasteiger partial charge in [-0.15, -0.1) is 0 Å². The highest BCUT2D eigenvalue weighted by Crippen LogP contribution is 2.33. The third kappa shape index (κ3) is 3.66. The lowest BCUT2D eigenvalue weighted by atomic mass is 10.1. The van der Waals surface area contributed by atoms with E-state index in [1.807, 2.05) is 0 Å². The number of rotatable bonds is 4. The maximum atomic E-state index is 13.0. The Morgan fingerprint density at radius 2 is 2.00 bits per heavy atom. The summed E-state index contributed by atoms with van der Waals surface area (Å²) in [6.45, 7) is 0. The Morgan fingerprint density at radius 3 is 2.65 bits per heavy atom. The molecular weight excluding hydrogens is 349 g/mol. The Labute approximate surface area is 146 Å². The molecule has 0 saturated carbocycles. The maximum Gasteiger partial charge on any atom is 0.416 e. The van der Waals surface area contributed by atoms with Crippen molar-refractivity contribution in [3.8, 4) is 11.4 Å². The molecule has 0 aliphatic heterocycles. The van der Waals surface area contributed by atoms with Crippen molar-refractivity contribution in [2.75, 3.05) is 12.4 Å². The first-order chi connectivity index (χ1) is 12.4. The lowest BCUT2D eigenvalue weighted by Gasteiger charge is -2.14. The zero-order valence-electron chi connectivity index (χ0n) is 13.5. The third-order valence-corrected chi connectivity index (χ3v) is 3.57. The van der Waals surface area contributed by atoms with Crippen molar-refractivity contribution in [2.24, 2.45) is 0 Å². The number of anilines is 1. The number of nitrogens with zero attached hydrogens (tertiary/aromatic N) is 3. The molecule has 3 aromatic rings. The van der Waals surface area contributed by atoms with Crippen molar-refractivity contribution in [3.63, 3.8) is 0 Å². The van der Waals surface area contributed by atoms with Crippen LogP contribution in [0, 0.1) is 0 Å². The molecule has 3 rings (SSSR count). The van der Waals surface area contributed by atoms with Gasteiger partial charge in [-0.2, -0.15) is 18.3 Å². The second kappa shape index (κ2) is 6.87. The number of amides is 1. The van der Waals surface area contributed by atoms with Gasteiger partial charge in [0.2, 0.25) is 0 Å². The van der Waals surface area contributed by atoms with Crippen LogP contribution in [0.2, 0.25) is 0 Å². The van der Waals surface area contributed by atoms with Crippen LogP contribution in [0.4, 0.5) is 18.9 Å². The maximum absolute atomic E-state index is 13.0. The van der Waals surface area contributed by atoms with E-state index in [-0.39, 0.29) is 16.9 Å². The van der Waals surface area contributed by atoms with Crippen LogP contribution in [-0.2, 0) is 6.18 Å². The molecule has 0 bridgehead atoms. The standard InChI is InChI=1S/C17H13F3N4O2/c1-26-13-4-2-3-11(7-13)16(25)23-14-8-12(17(18,19)20)5-6-15(14)24-10-21-9-22-24/h2-10H,1H3,(H,23,25). The highest BCUT2D eigenvalue weighted by Gasteiger charge is 2.31. The Morgan fingerprint density at radius 1 is 1.19 bits per heavy atom. The van der Waals surface area contributed by atoms with Gasteiger partial charge >= 0.3 is 6.18 Å². The van der Waals surface area contributed by atoms with Gasteiger partial charge in [0.15, 0.2) is 0 Å². The molecule has 0 unspecified atom stereocenters. The SMILES string of the molecule is COc1cccc(C(=O)Nc2cc(C(F)(F)F)ccc2-n2cncn2)c1. The van der Waals surface area contributed by atoms with Gasteiger partial charge in [0.1, 0.15) is 18.4 Å². The minimum atomic E-state index is -4.55. The van der Waals surface area contributed by atoms with Gasteiger partial charge in [0, 0.05) is 5.56 Å². The fraction of sp³-hybridized carbons (Fsp3) is 0.118. The number of hydrogen-bond donors (Lipinski definition) is 1. The van der Waals surface area contributed by atoms with E-state index in [1.165, 1.54) is 42.6 Å². The highest BCUT2D eigenvalue weighted by atomic mass is 19.4. The minimum Gasteiger partial charge on any atom is -0.497 e. The molecule has 0 aliphatic rings. The topological polar surface area (TPSA) is 69.0 Å². The number of alkyl halides is 3. The van der Waals surface area contributed by atoms with E-state index in [0.29, 0.717) is 5.75 Å². The van der Waals surface area contributed by atoms with Crippen LogP contribution in [0.15, 0.2) is 55.1 Å². The molecule has 0 saturated heterocycles. The van der Waals surface area contributed by atoms with Crippen LogP contribution in [0.3, 0.4) is 0 Å². The average Bonchev–Trinajstić information content (AvgIpc) is 3.15. The van der Waals surface area contributed by atoms with E-state index in [4.69, 9.17) is 4.74 Å². The number of benzene rings is 2. The molecule has 0 spiro atoms. The first kappa shape index (κ1) is 17.5. The molecule has 0 radical (unpaired) electrons. The number of hydrogen-bond acceptors (Lipinski definition) is 4. The van der Waals surface area contributed by atoms with Crippen molar-refractivity contribution < 1.29 is 22.7 Å². The summed E-state index contributed by atoms with van der Waals surface area (Å²) in [5.41, 5.74) is -0.432. The molecule has 9 heteroatoms. The number of nitrogens with one attached hydrogen (secondary N) is 1. The summed E-state index contributed by atoms with van der Waals surface area (Å²) in [4.78, 5) is 16.2. The predicted molar refractivity (Wildman–Crippen MR) is 87.3 cm³/mol. The Bertz CT molecular complexity index is 924. The Hall–Kier alpha value is -3.36. The fourth-order valence-corrected chi connectivity index (χ4v) is 2.30. The molecule has 1 aromatic heterocycles. The first-order valence-corrected chi connectivity index (χ1v) is 7.40.